The average Bonchev–Trinajstić information content (AvgIpc) is 2.61. The van der Waals surface area contributed by atoms with Crippen LogP contribution in [-0.4, -0.2) is 27.9 Å². The van der Waals surface area contributed by atoms with Gasteiger partial charge >= 0.3 is 0 Å². The number of nitrogens with one attached hydrogen (secondary N) is 1. The maximum absolute atomic E-state index is 4.64. The molecule has 15 heavy (non-hydrogen) atoms. The normalized spacial score (nSPS) is 26.9. The summed E-state index contributed by atoms with van der Waals surface area (Å²) < 4.78 is 1.95. The van der Waals surface area contributed by atoms with Gasteiger partial charge in [0.2, 0.25) is 0 Å². The van der Waals surface area contributed by atoms with Gasteiger partial charge < -0.3 is 5.32 Å². The molecule has 1 atom stereocenters. The van der Waals surface area contributed by atoms with E-state index >= 15 is 0 Å². The van der Waals surface area contributed by atoms with Crippen LogP contribution in [0.4, 0.5) is 0 Å². The number of rotatable bonds is 2. The maximum atomic E-state index is 4.64. The van der Waals surface area contributed by atoms with Gasteiger partial charge in [-0.2, -0.15) is 5.10 Å². The lowest BCUT2D eigenvalue weighted by Crippen LogP contribution is -2.42. The molecule has 4 heteroatoms. The van der Waals surface area contributed by atoms with Crippen molar-refractivity contribution >= 4 is 0 Å². The topological polar surface area (TPSA) is 42.7 Å². The summed E-state index contributed by atoms with van der Waals surface area (Å²) in [6.07, 6.45) is 3.35. The van der Waals surface area contributed by atoms with E-state index in [2.05, 4.69) is 29.2 Å². The highest BCUT2D eigenvalue weighted by atomic mass is 15.3. The Labute approximate surface area is 91.1 Å². The molecule has 1 aliphatic heterocycles. The van der Waals surface area contributed by atoms with Crippen LogP contribution in [-0.2, 0) is 18.9 Å². The smallest absolute Gasteiger partial charge is 0.150 e. The summed E-state index contributed by atoms with van der Waals surface area (Å²) in [5.41, 5.74) is 0.160. The van der Waals surface area contributed by atoms with E-state index in [1.807, 2.05) is 11.7 Å². The highest BCUT2D eigenvalue weighted by Gasteiger charge is 2.33. The van der Waals surface area contributed by atoms with Crippen LogP contribution < -0.4 is 5.32 Å². The van der Waals surface area contributed by atoms with Gasteiger partial charge in [0.25, 0.3) is 0 Å². The Morgan fingerprint density at radius 2 is 2.33 bits per heavy atom. The minimum atomic E-state index is 0.160. The van der Waals surface area contributed by atoms with Gasteiger partial charge in [0.1, 0.15) is 5.82 Å². The van der Waals surface area contributed by atoms with E-state index in [0.717, 1.165) is 31.2 Å². The number of piperidine rings is 1. The van der Waals surface area contributed by atoms with Gasteiger partial charge in [0.15, 0.2) is 5.82 Å². The Morgan fingerprint density at radius 1 is 1.53 bits per heavy atom. The van der Waals surface area contributed by atoms with E-state index in [1.54, 1.807) is 0 Å². The molecular weight excluding hydrogens is 188 g/mol. The summed E-state index contributed by atoms with van der Waals surface area (Å²) in [6, 6.07) is 0. The molecule has 1 N–H and O–H groups in total. The van der Waals surface area contributed by atoms with Gasteiger partial charge in [0.05, 0.1) is 0 Å². The lowest BCUT2D eigenvalue weighted by molar-refractivity contribution is 0.314. The van der Waals surface area contributed by atoms with Crippen molar-refractivity contribution in [1.82, 2.24) is 20.1 Å². The summed E-state index contributed by atoms with van der Waals surface area (Å²) in [5, 5.41) is 7.87. The number of hydrogen-bond donors (Lipinski definition) is 1. The predicted molar refractivity (Wildman–Crippen MR) is 59.8 cm³/mol. The van der Waals surface area contributed by atoms with Crippen molar-refractivity contribution in [2.45, 2.75) is 38.5 Å². The van der Waals surface area contributed by atoms with E-state index in [-0.39, 0.29) is 5.41 Å². The fourth-order valence-corrected chi connectivity index (χ4v) is 2.36. The molecule has 0 aromatic carbocycles. The molecule has 0 radical (unpaired) electrons. The zero-order valence-electron chi connectivity index (χ0n) is 9.88. The molecule has 1 aromatic rings. The Morgan fingerprint density at radius 3 is 2.87 bits per heavy atom. The standard InChI is InChI=1S/C11H20N4/c1-4-9-13-10(15(3)14-9)11(2)6-5-7-12-8-11/h12H,4-8H2,1-3H3. The van der Waals surface area contributed by atoms with Crippen LogP contribution in [0.15, 0.2) is 0 Å². The molecule has 0 amide bonds. The first-order valence-electron chi connectivity index (χ1n) is 5.77. The molecule has 0 saturated carbocycles. The van der Waals surface area contributed by atoms with Crippen molar-refractivity contribution in [3.8, 4) is 0 Å². The summed E-state index contributed by atoms with van der Waals surface area (Å²) >= 11 is 0. The summed E-state index contributed by atoms with van der Waals surface area (Å²) in [7, 11) is 2.00. The quantitative estimate of drug-likeness (QED) is 0.789. The second-order valence-corrected chi connectivity index (χ2v) is 4.67. The average molecular weight is 208 g/mol. The molecule has 1 aromatic heterocycles. The van der Waals surface area contributed by atoms with E-state index in [4.69, 9.17) is 0 Å². The number of aromatic nitrogens is 3. The minimum absolute atomic E-state index is 0.160. The van der Waals surface area contributed by atoms with E-state index in [1.165, 1.54) is 12.8 Å². The molecule has 2 heterocycles. The third-order valence-electron chi connectivity index (χ3n) is 3.26. The molecule has 1 unspecified atom stereocenters. The summed E-state index contributed by atoms with van der Waals surface area (Å²) in [6.45, 7) is 6.53. The highest BCUT2D eigenvalue weighted by molar-refractivity contribution is 5.10. The first-order valence-corrected chi connectivity index (χ1v) is 5.77. The molecule has 1 aliphatic rings. The molecule has 0 bridgehead atoms. The number of nitrogens with zero attached hydrogens (tertiary/aromatic N) is 3. The third kappa shape index (κ3) is 1.91. The van der Waals surface area contributed by atoms with Crippen molar-refractivity contribution in [3.05, 3.63) is 11.6 Å². The largest absolute Gasteiger partial charge is 0.316 e. The first-order chi connectivity index (χ1) is 7.15. The van der Waals surface area contributed by atoms with Gasteiger partial charge in [-0.05, 0) is 19.4 Å². The molecular formula is C11H20N4. The van der Waals surface area contributed by atoms with Crippen molar-refractivity contribution in [3.63, 3.8) is 0 Å². The SMILES string of the molecule is CCc1nc(C2(C)CCCNC2)n(C)n1. The maximum Gasteiger partial charge on any atom is 0.150 e. The lowest BCUT2D eigenvalue weighted by atomic mass is 9.82. The number of hydrogen-bond acceptors (Lipinski definition) is 3. The predicted octanol–water partition coefficient (Wildman–Crippen LogP) is 1.02. The first kappa shape index (κ1) is 10.6. The Hall–Kier alpha value is -0.900. The molecule has 2 rings (SSSR count). The Bertz CT molecular complexity index is 336. The fourth-order valence-electron chi connectivity index (χ4n) is 2.36. The molecule has 1 fully saturated rings. The second kappa shape index (κ2) is 3.93. The van der Waals surface area contributed by atoms with Gasteiger partial charge in [-0.1, -0.05) is 13.8 Å². The van der Waals surface area contributed by atoms with Crippen LogP contribution in [0.5, 0.6) is 0 Å². The molecule has 1 saturated heterocycles. The minimum Gasteiger partial charge on any atom is -0.316 e. The van der Waals surface area contributed by atoms with Crippen molar-refractivity contribution in [2.75, 3.05) is 13.1 Å². The molecule has 4 nitrogen and oxygen atoms in total. The second-order valence-electron chi connectivity index (χ2n) is 4.67. The molecule has 0 aliphatic carbocycles. The Balaban J connectivity index is 2.30. The van der Waals surface area contributed by atoms with Gasteiger partial charge in [0, 0.05) is 25.4 Å². The van der Waals surface area contributed by atoms with Crippen LogP contribution >= 0.6 is 0 Å². The van der Waals surface area contributed by atoms with Crippen LogP contribution in [0.25, 0.3) is 0 Å². The van der Waals surface area contributed by atoms with E-state index in [0.29, 0.717) is 0 Å². The van der Waals surface area contributed by atoms with E-state index < -0.39 is 0 Å². The fraction of sp³-hybridized carbons (Fsp3) is 0.818. The number of aryl methyl sites for hydroxylation is 2. The van der Waals surface area contributed by atoms with Crippen molar-refractivity contribution in [2.24, 2.45) is 7.05 Å². The van der Waals surface area contributed by atoms with Gasteiger partial charge in [-0.25, -0.2) is 4.98 Å². The van der Waals surface area contributed by atoms with Gasteiger partial charge in [-0.15, -0.1) is 0 Å². The van der Waals surface area contributed by atoms with Crippen LogP contribution in [0.3, 0.4) is 0 Å². The van der Waals surface area contributed by atoms with Crippen LogP contribution in [0.2, 0.25) is 0 Å². The zero-order chi connectivity index (χ0) is 10.9. The monoisotopic (exact) mass is 208 g/mol. The molecule has 84 valence electrons. The Kier molecular flexibility index (Phi) is 2.78. The van der Waals surface area contributed by atoms with Crippen LogP contribution in [0, 0.1) is 0 Å². The zero-order valence-corrected chi connectivity index (χ0v) is 9.88. The van der Waals surface area contributed by atoms with Gasteiger partial charge in [-0.3, -0.25) is 4.68 Å². The lowest BCUT2D eigenvalue weighted by Gasteiger charge is -2.32. The third-order valence-corrected chi connectivity index (χ3v) is 3.26. The van der Waals surface area contributed by atoms with Crippen molar-refractivity contribution < 1.29 is 0 Å². The van der Waals surface area contributed by atoms with E-state index in [9.17, 15) is 0 Å². The summed E-state index contributed by atoms with van der Waals surface area (Å²) in [4.78, 5) is 4.64. The molecule has 0 spiro atoms. The highest BCUT2D eigenvalue weighted by Crippen LogP contribution is 2.28. The van der Waals surface area contributed by atoms with Crippen LogP contribution in [0.1, 0.15) is 38.3 Å². The van der Waals surface area contributed by atoms with Crippen molar-refractivity contribution in [1.29, 1.82) is 0 Å². The summed E-state index contributed by atoms with van der Waals surface area (Å²) in [5.74, 6) is 2.09.